The van der Waals surface area contributed by atoms with E-state index in [-0.39, 0.29) is 17.8 Å². The lowest BCUT2D eigenvalue weighted by Crippen LogP contribution is -2.51. The summed E-state index contributed by atoms with van der Waals surface area (Å²) in [4.78, 5) is 30.1. The lowest BCUT2D eigenvalue weighted by Gasteiger charge is -2.34. The minimum atomic E-state index is -0.325. The molecule has 3 heterocycles. The van der Waals surface area contributed by atoms with Crippen molar-refractivity contribution < 1.29 is 18.4 Å². The molecule has 0 atom stereocenters. The van der Waals surface area contributed by atoms with Gasteiger partial charge in [0.05, 0.1) is 12.0 Å². The highest BCUT2D eigenvalue weighted by atomic mass is 19.1. The predicted molar refractivity (Wildman–Crippen MR) is 103 cm³/mol. The van der Waals surface area contributed by atoms with E-state index in [9.17, 15) is 14.0 Å². The van der Waals surface area contributed by atoms with Gasteiger partial charge in [0.1, 0.15) is 5.82 Å². The van der Waals surface area contributed by atoms with E-state index < -0.39 is 0 Å². The van der Waals surface area contributed by atoms with Crippen LogP contribution < -0.4 is 10.2 Å². The number of rotatable bonds is 3. The highest BCUT2D eigenvalue weighted by Gasteiger charge is 2.26. The number of furan rings is 1. The van der Waals surface area contributed by atoms with Gasteiger partial charge in [0, 0.05) is 45.0 Å². The second-order valence-electron chi connectivity index (χ2n) is 7.05. The summed E-state index contributed by atoms with van der Waals surface area (Å²) in [6, 6.07) is 7.81. The molecule has 2 aromatic rings. The molecular weight excluding hydrogens is 363 g/mol. The van der Waals surface area contributed by atoms with Crippen molar-refractivity contribution in [3.63, 3.8) is 0 Å². The molecule has 0 unspecified atom stereocenters. The summed E-state index contributed by atoms with van der Waals surface area (Å²) >= 11 is 0. The van der Waals surface area contributed by atoms with Crippen LogP contribution in [0.15, 0.2) is 41.0 Å². The third kappa shape index (κ3) is 3.81. The fourth-order valence-electron chi connectivity index (χ4n) is 3.67. The first-order chi connectivity index (χ1) is 13.6. The fourth-order valence-corrected chi connectivity index (χ4v) is 3.67. The molecule has 7 nitrogen and oxygen atoms in total. The molecule has 4 rings (SSSR count). The number of carbonyl (C=O) groups excluding carboxylic acids is 2. The van der Waals surface area contributed by atoms with E-state index in [2.05, 4.69) is 5.32 Å². The van der Waals surface area contributed by atoms with Gasteiger partial charge in [0.2, 0.25) is 0 Å². The molecule has 2 aliphatic heterocycles. The number of hydrogen-bond acceptors (Lipinski definition) is 4. The second-order valence-corrected chi connectivity index (χ2v) is 7.05. The van der Waals surface area contributed by atoms with Crippen LogP contribution in [0.25, 0.3) is 0 Å². The molecule has 0 aliphatic carbocycles. The van der Waals surface area contributed by atoms with Crippen LogP contribution in [0, 0.1) is 5.82 Å². The Morgan fingerprint density at radius 2 is 1.68 bits per heavy atom. The van der Waals surface area contributed by atoms with Crippen LogP contribution in [0.5, 0.6) is 0 Å². The van der Waals surface area contributed by atoms with Gasteiger partial charge in [0.25, 0.3) is 5.91 Å². The van der Waals surface area contributed by atoms with Crippen molar-refractivity contribution in [2.24, 2.45) is 0 Å². The maximum absolute atomic E-state index is 14.4. The Kier molecular flexibility index (Phi) is 5.18. The maximum atomic E-state index is 14.4. The number of hydrogen-bond donors (Lipinski definition) is 1. The van der Waals surface area contributed by atoms with Crippen LogP contribution in [-0.4, -0.2) is 61.0 Å². The smallest absolute Gasteiger partial charge is 0.321 e. The summed E-state index contributed by atoms with van der Waals surface area (Å²) in [6.07, 6.45) is 3.61. The number of piperazine rings is 1. The minimum Gasteiger partial charge on any atom is -0.459 e. The van der Waals surface area contributed by atoms with Crippen molar-refractivity contribution in [1.29, 1.82) is 0 Å². The molecular formula is C20H23FN4O3. The number of nitrogens with one attached hydrogen (secondary N) is 1. The van der Waals surface area contributed by atoms with E-state index in [1.165, 1.54) is 12.3 Å². The molecule has 3 amide bonds. The summed E-state index contributed by atoms with van der Waals surface area (Å²) < 4.78 is 19.5. The Balaban J connectivity index is 1.32. The number of benzene rings is 1. The van der Waals surface area contributed by atoms with Crippen LogP contribution in [0.1, 0.15) is 23.4 Å². The summed E-state index contributed by atoms with van der Waals surface area (Å²) in [6.45, 7) is 3.40. The van der Waals surface area contributed by atoms with Gasteiger partial charge in [-0.1, -0.05) is 0 Å². The van der Waals surface area contributed by atoms with E-state index in [1.807, 2.05) is 4.90 Å². The molecule has 28 heavy (non-hydrogen) atoms. The van der Waals surface area contributed by atoms with E-state index in [4.69, 9.17) is 4.42 Å². The van der Waals surface area contributed by atoms with Crippen LogP contribution in [-0.2, 0) is 0 Å². The molecule has 1 aromatic carbocycles. The lowest BCUT2D eigenvalue weighted by atomic mass is 10.2. The number of nitrogens with zero attached hydrogens (tertiary/aromatic N) is 3. The normalized spacial score (nSPS) is 17.1. The summed E-state index contributed by atoms with van der Waals surface area (Å²) in [7, 11) is 0. The zero-order valence-corrected chi connectivity index (χ0v) is 15.6. The summed E-state index contributed by atoms with van der Waals surface area (Å²) in [5.74, 6) is -0.204. The first-order valence-electron chi connectivity index (χ1n) is 9.55. The van der Waals surface area contributed by atoms with Crippen LogP contribution in [0.2, 0.25) is 0 Å². The van der Waals surface area contributed by atoms with Crippen molar-refractivity contribution in [3.8, 4) is 0 Å². The van der Waals surface area contributed by atoms with Gasteiger partial charge in [0.15, 0.2) is 5.76 Å². The van der Waals surface area contributed by atoms with Gasteiger partial charge in [-0.25, -0.2) is 9.18 Å². The number of carbonyl (C=O) groups is 2. The lowest BCUT2D eigenvalue weighted by molar-refractivity contribution is 0.0640. The molecule has 0 spiro atoms. The highest BCUT2D eigenvalue weighted by molar-refractivity contribution is 5.92. The van der Waals surface area contributed by atoms with Crippen LogP contribution >= 0.6 is 0 Å². The average molecular weight is 386 g/mol. The van der Waals surface area contributed by atoms with Gasteiger partial charge < -0.3 is 24.4 Å². The van der Waals surface area contributed by atoms with Gasteiger partial charge in [-0.15, -0.1) is 0 Å². The molecule has 2 saturated heterocycles. The molecule has 148 valence electrons. The highest BCUT2D eigenvalue weighted by Crippen LogP contribution is 2.26. The minimum absolute atomic E-state index is 0.176. The van der Waals surface area contributed by atoms with Gasteiger partial charge >= 0.3 is 6.03 Å². The van der Waals surface area contributed by atoms with Crippen LogP contribution in [0.3, 0.4) is 0 Å². The Labute approximate surface area is 162 Å². The van der Waals surface area contributed by atoms with Crippen molar-refractivity contribution in [1.82, 2.24) is 9.80 Å². The topological polar surface area (TPSA) is 69.0 Å². The molecule has 2 fully saturated rings. The Hall–Kier alpha value is -3.03. The summed E-state index contributed by atoms with van der Waals surface area (Å²) in [5, 5.41) is 2.75. The molecule has 8 heteroatoms. The second kappa shape index (κ2) is 7.92. The van der Waals surface area contributed by atoms with Gasteiger partial charge in [-0.2, -0.15) is 0 Å². The van der Waals surface area contributed by atoms with E-state index in [0.717, 1.165) is 25.9 Å². The first-order valence-corrected chi connectivity index (χ1v) is 9.55. The van der Waals surface area contributed by atoms with Crippen molar-refractivity contribution in [2.45, 2.75) is 12.8 Å². The maximum Gasteiger partial charge on any atom is 0.321 e. The number of anilines is 2. The van der Waals surface area contributed by atoms with Gasteiger partial charge in [-0.05, 0) is 43.2 Å². The monoisotopic (exact) mass is 386 g/mol. The van der Waals surface area contributed by atoms with Crippen molar-refractivity contribution in [3.05, 3.63) is 48.2 Å². The predicted octanol–water partition coefficient (Wildman–Crippen LogP) is 3.01. The zero-order chi connectivity index (χ0) is 19.5. The first kappa shape index (κ1) is 18.3. The number of amides is 3. The Bertz CT molecular complexity index is 841. The fraction of sp³-hybridized carbons (Fsp3) is 0.400. The summed E-state index contributed by atoms with van der Waals surface area (Å²) in [5.41, 5.74) is 1.01. The average Bonchev–Trinajstić information content (AvgIpc) is 3.42. The quantitative estimate of drug-likeness (QED) is 0.881. The molecule has 2 aliphatic rings. The Morgan fingerprint density at radius 1 is 0.964 bits per heavy atom. The van der Waals surface area contributed by atoms with Gasteiger partial charge in [-0.3, -0.25) is 4.79 Å². The van der Waals surface area contributed by atoms with Crippen molar-refractivity contribution >= 4 is 23.3 Å². The molecule has 1 N–H and O–H groups in total. The SMILES string of the molecule is O=C(Nc1ccc(N2CCCC2)c(F)c1)N1CCN(C(=O)c2ccco2)CC1. The van der Waals surface area contributed by atoms with E-state index in [0.29, 0.717) is 43.3 Å². The molecule has 0 saturated carbocycles. The molecule has 0 radical (unpaired) electrons. The zero-order valence-electron chi connectivity index (χ0n) is 15.6. The standard InChI is InChI=1S/C20H23FN4O3/c21-16-14-15(5-6-17(16)23-7-1-2-8-23)22-20(27)25-11-9-24(10-12-25)19(26)18-4-3-13-28-18/h3-6,13-14H,1-2,7-12H2,(H,22,27). The van der Waals surface area contributed by atoms with Crippen molar-refractivity contribution in [2.75, 3.05) is 49.5 Å². The number of urea groups is 1. The van der Waals surface area contributed by atoms with E-state index >= 15 is 0 Å². The van der Waals surface area contributed by atoms with Crippen LogP contribution in [0.4, 0.5) is 20.6 Å². The number of halogens is 1. The third-order valence-corrected chi connectivity index (χ3v) is 5.23. The molecule has 1 aromatic heterocycles. The third-order valence-electron chi connectivity index (χ3n) is 5.23. The largest absolute Gasteiger partial charge is 0.459 e. The Morgan fingerprint density at radius 3 is 2.32 bits per heavy atom. The molecule has 0 bridgehead atoms. The van der Waals surface area contributed by atoms with E-state index in [1.54, 1.807) is 34.1 Å².